The number of ketones is 1. The van der Waals surface area contributed by atoms with Gasteiger partial charge in [0.1, 0.15) is 5.75 Å². The van der Waals surface area contributed by atoms with E-state index in [0.29, 0.717) is 23.5 Å². The molecule has 1 aliphatic heterocycles. The Labute approximate surface area is 116 Å². The lowest BCUT2D eigenvalue weighted by molar-refractivity contribution is 0.0991. The molecule has 0 spiro atoms. The van der Waals surface area contributed by atoms with Crippen LogP contribution in [0.1, 0.15) is 15.9 Å². The second-order valence-electron chi connectivity index (χ2n) is 4.48. The number of Topliss-reactive ketones (excluding diaryl/α,β-unsaturated/α-hetero) is 1. The van der Waals surface area contributed by atoms with E-state index >= 15 is 0 Å². The maximum Gasteiger partial charge on any atom is 0.231 e. The highest BCUT2D eigenvalue weighted by Crippen LogP contribution is 2.33. The summed E-state index contributed by atoms with van der Waals surface area (Å²) in [5, 5.41) is 0. The minimum atomic E-state index is 0.0211. The number of fused-ring (bicyclic) bond motifs is 1. The van der Waals surface area contributed by atoms with Crippen molar-refractivity contribution in [1.29, 1.82) is 0 Å². The molecule has 2 aromatic rings. The van der Waals surface area contributed by atoms with Gasteiger partial charge in [-0.15, -0.1) is 0 Å². The lowest BCUT2D eigenvalue weighted by Crippen LogP contribution is -2.04. The molecule has 0 saturated heterocycles. The Morgan fingerprint density at radius 1 is 1.15 bits per heavy atom. The van der Waals surface area contributed by atoms with Gasteiger partial charge in [-0.2, -0.15) is 0 Å². The summed E-state index contributed by atoms with van der Waals surface area (Å²) in [4.78, 5) is 12.3. The molecule has 1 heterocycles. The number of hydrogen-bond acceptors (Lipinski definition) is 4. The molecule has 0 bridgehead atoms. The maximum atomic E-state index is 12.3. The van der Waals surface area contributed by atoms with Gasteiger partial charge >= 0.3 is 0 Å². The number of methoxy groups -OCH3 is 1. The molecule has 0 unspecified atom stereocenters. The molecule has 0 radical (unpaired) electrons. The highest BCUT2D eigenvalue weighted by molar-refractivity contribution is 5.98. The SMILES string of the molecule is COc1ccccc1CC(=O)c1ccc2c(c1)OCO2. The van der Waals surface area contributed by atoms with E-state index in [1.807, 2.05) is 24.3 Å². The van der Waals surface area contributed by atoms with Crippen molar-refractivity contribution >= 4 is 5.78 Å². The summed E-state index contributed by atoms with van der Waals surface area (Å²) in [6.07, 6.45) is 0.295. The van der Waals surface area contributed by atoms with Crippen LogP contribution in [-0.4, -0.2) is 19.7 Å². The second kappa shape index (κ2) is 5.25. The van der Waals surface area contributed by atoms with Crippen molar-refractivity contribution in [3.8, 4) is 17.2 Å². The van der Waals surface area contributed by atoms with Crippen LogP contribution in [-0.2, 0) is 6.42 Å². The Bertz CT molecular complexity index is 649. The van der Waals surface area contributed by atoms with Gasteiger partial charge in [0.15, 0.2) is 17.3 Å². The largest absolute Gasteiger partial charge is 0.496 e. The zero-order valence-corrected chi connectivity index (χ0v) is 11.1. The van der Waals surface area contributed by atoms with Crippen molar-refractivity contribution in [2.45, 2.75) is 6.42 Å². The Balaban J connectivity index is 1.83. The fourth-order valence-electron chi connectivity index (χ4n) is 2.19. The molecule has 0 aromatic heterocycles. The summed E-state index contributed by atoms with van der Waals surface area (Å²) in [6.45, 7) is 0.208. The van der Waals surface area contributed by atoms with Crippen molar-refractivity contribution in [2.24, 2.45) is 0 Å². The van der Waals surface area contributed by atoms with Crippen molar-refractivity contribution in [2.75, 3.05) is 13.9 Å². The molecule has 4 heteroatoms. The number of carbonyl (C=O) groups is 1. The Hall–Kier alpha value is -2.49. The lowest BCUT2D eigenvalue weighted by Gasteiger charge is -2.07. The van der Waals surface area contributed by atoms with Crippen LogP contribution >= 0.6 is 0 Å². The molecule has 0 atom stereocenters. The molecular weight excluding hydrogens is 256 g/mol. The van der Waals surface area contributed by atoms with Gasteiger partial charge in [-0.25, -0.2) is 0 Å². The number of para-hydroxylation sites is 1. The molecule has 0 N–H and O–H groups in total. The summed E-state index contributed by atoms with van der Waals surface area (Å²) >= 11 is 0. The molecule has 4 nitrogen and oxygen atoms in total. The van der Waals surface area contributed by atoms with E-state index in [2.05, 4.69) is 0 Å². The first-order valence-corrected chi connectivity index (χ1v) is 6.32. The third-order valence-electron chi connectivity index (χ3n) is 3.24. The Morgan fingerprint density at radius 3 is 2.80 bits per heavy atom. The van der Waals surface area contributed by atoms with Crippen molar-refractivity contribution in [3.05, 3.63) is 53.6 Å². The molecular formula is C16H14O4. The fourth-order valence-corrected chi connectivity index (χ4v) is 2.19. The highest BCUT2D eigenvalue weighted by atomic mass is 16.7. The molecule has 3 rings (SSSR count). The molecule has 0 fully saturated rings. The summed E-state index contributed by atoms with van der Waals surface area (Å²) < 4.78 is 15.8. The minimum absolute atomic E-state index is 0.0211. The van der Waals surface area contributed by atoms with Crippen molar-refractivity contribution in [3.63, 3.8) is 0 Å². The van der Waals surface area contributed by atoms with Crippen molar-refractivity contribution in [1.82, 2.24) is 0 Å². The van der Waals surface area contributed by atoms with Crippen LogP contribution < -0.4 is 14.2 Å². The van der Waals surface area contributed by atoms with Crippen LogP contribution in [0.2, 0.25) is 0 Å². The minimum Gasteiger partial charge on any atom is -0.496 e. The predicted molar refractivity (Wildman–Crippen MR) is 73.6 cm³/mol. The molecule has 0 saturated carbocycles. The molecule has 1 aliphatic rings. The number of hydrogen-bond donors (Lipinski definition) is 0. The van der Waals surface area contributed by atoms with E-state index in [1.165, 1.54) is 0 Å². The fraction of sp³-hybridized carbons (Fsp3) is 0.188. The quantitative estimate of drug-likeness (QED) is 0.801. The zero-order valence-electron chi connectivity index (χ0n) is 11.1. The van der Waals surface area contributed by atoms with Crippen LogP contribution in [0.25, 0.3) is 0 Å². The standard InChI is InChI=1S/C16H14O4/c1-18-14-5-3-2-4-12(14)8-13(17)11-6-7-15-16(9-11)20-10-19-15/h2-7,9H,8,10H2,1H3. The Morgan fingerprint density at radius 2 is 1.95 bits per heavy atom. The molecule has 2 aromatic carbocycles. The monoisotopic (exact) mass is 270 g/mol. The average Bonchev–Trinajstić information content (AvgIpc) is 2.95. The third-order valence-corrected chi connectivity index (χ3v) is 3.24. The smallest absolute Gasteiger partial charge is 0.231 e. The average molecular weight is 270 g/mol. The second-order valence-corrected chi connectivity index (χ2v) is 4.48. The van der Waals surface area contributed by atoms with E-state index in [0.717, 1.165) is 11.3 Å². The van der Waals surface area contributed by atoms with E-state index < -0.39 is 0 Å². The molecule has 0 amide bonds. The van der Waals surface area contributed by atoms with Crippen LogP contribution in [0.5, 0.6) is 17.2 Å². The van der Waals surface area contributed by atoms with Gasteiger partial charge < -0.3 is 14.2 Å². The van der Waals surface area contributed by atoms with Crippen LogP contribution in [0.4, 0.5) is 0 Å². The van der Waals surface area contributed by atoms with Crippen LogP contribution in [0, 0.1) is 0 Å². The first kappa shape index (κ1) is 12.5. The first-order valence-electron chi connectivity index (χ1n) is 6.32. The Kier molecular flexibility index (Phi) is 3.29. The van der Waals surface area contributed by atoms with Gasteiger partial charge in [0.05, 0.1) is 7.11 Å². The lowest BCUT2D eigenvalue weighted by atomic mass is 10.0. The van der Waals surface area contributed by atoms with Crippen LogP contribution in [0.3, 0.4) is 0 Å². The summed E-state index contributed by atoms with van der Waals surface area (Å²) in [7, 11) is 1.60. The van der Waals surface area contributed by atoms with Gasteiger partial charge in [0, 0.05) is 17.5 Å². The number of carbonyl (C=O) groups excluding carboxylic acids is 1. The number of benzene rings is 2. The predicted octanol–water partition coefficient (Wildman–Crippen LogP) is 2.85. The van der Waals surface area contributed by atoms with Gasteiger partial charge in [0.2, 0.25) is 6.79 Å². The van der Waals surface area contributed by atoms with E-state index in [4.69, 9.17) is 14.2 Å². The highest BCUT2D eigenvalue weighted by Gasteiger charge is 2.17. The summed E-state index contributed by atoms with van der Waals surface area (Å²) in [6, 6.07) is 12.8. The molecule has 102 valence electrons. The van der Waals surface area contributed by atoms with Crippen molar-refractivity contribution < 1.29 is 19.0 Å². The third kappa shape index (κ3) is 2.32. The normalized spacial score (nSPS) is 12.2. The number of ether oxygens (including phenoxy) is 3. The van der Waals surface area contributed by atoms with Gasteiger partial charge in [-0.05, 0) is 24.3 Å². The maximum absolute atomic E-state index is 12.3. The topological polar surface area (TPSA) is 44.8 Å². The number of rotatable bonds is 4. The molecule has 20 heavy (non-hydrogen) atoms. The van der Waals surface area contributed by atoms with Crippen LogP contribution in [0.15, 0.2) is 42.5 Å². The van der Waals surface area contributed by atoms with Gasteiger partial charge in [-0.3, -0.25) is 4.79 Å². The summed E-state index contributed by atoms with van der Waals surface area (Å²) in [5.74, 6) is 2.05. The van der Waals surface area contributed by atoms with E-state index in [-0.39, 0.29) is 12.6 Å². The van der Waals surface area contributed by atoms with Gasteiger partial charge in [-0.1, -0.05) is 18.2 Å². The van der Waals surface area contributed by atoms with Gasteiger partial charge in [0.25, 0.3) is 0 Å². The molecule has 0 aliphatic carbocycles. The van der Waals surface area contributed by atoms with E-state index in [9.17, 15) is 4.79 Å². The van der Waals surface area contributed by atoms with E-state index in [1.54, 1.807) is 25.3 Å². The first-order chi connectivity index (χ1) is 9.78. The summed E-state index contributed by atoms with van der Waals surface area (Å²) in [5.41, 5.74) is 1.48. The zero-order chi connectivity index (χ0) is 13.9.